The molecule has 0 spiro atoms. The van der Waals surface area contributed by atoms with Crippen molar-refractivity contribution in [2.24, 2.45) is 0 Å². The minimum Gasteiger partial charge on any atom is -0.482 e. The molecule has 0 fully saturated rings. The monoisotopic (exact) mass is 492 g/mol. The third-order valence-corrected chi connectivity index (χ3v) is 4.96. The van der Waals surface area contributed by atoms with Gasteiger partial charge in [0.15, 0.2) is 11.6 Å². The lowest BCUT2D eigenvalue weighted by atomic mass is 10.1. The second kappa shape index (κ2) is 10.8. The molecule has 1 N–H and O–H groups in total. The van der Waals surface area contributed by atoms with Gasteiger partial charge in [0.1, 0.15) is 11.9 Å². The Morgan fingerprint density at radius 1 is 1.36 bits per heavy atom. The number of anilines is 1. The van der Waals surface area contributed by atoms with Crippen LogP contribution >= 0.6 is 39.1 Å². The highest BCUT2D eigenvalue weighted by molar-refractivity contribution is 9.10. The van der Waals surface area contributed by atoms with Crippen molar-refractivity contribution >= 4 is 51.0 Å². The Morgan fingerprint density at radius 3 is 2.82 bits per heavy atom. The first-order chi connectivity index (χ1) is 13.3. The van der Waals surface area contributed by atoms with Crippen molar-refractivity contribution < 1.29 is 18.7 Å². The van der Waals surface area contributed by atoms with Crippen LogP contribution in [0.4, 0.5) is 15.0 Å². The number of rotatable bonds is 8. The van der Waals surface area contributed by atoms with Gasteiger partial charge in [-0.1, -0.05) is 43.0 Å². The minimum atomic E-state index is -0.701. The van der Waals surface area contributed by atoms with Crippen LogP contribution in [0, 0.1) is 5.82 Å². The first-order valence-corrected chi connectivity index (χ1v) is 10.3. The van der Waals surface area contributed by atoms with Crippen LogP contribution in [0.5, 0.6) is 5.75 Å². The summed E-state index contributed by atoms with van der Waals surface area (Å²) in [4.78, 5) is 16.1. The highest BCUT2D eigenvalue weighted by Gasteiger charge is 2.21. The summed E-state index contributed by atoms with van der Waals surface area (Å²) in [5.74, 6) is -0.180. The highest BCUT2D eigenvalue weighted by Crippen LogP contribution is 2.37. The van der Waals surface area contributed by atoms with E-state index in [1.807, 2.05) is 0 Å². The molecule has 0 saturated carbocycles. The number of hydrogen-bond acceptors (Lipinski definition) is 4. The fraction of sp³-hybridized carbons (Fsp3) is 0.368. The molecular weight excluding hydrogens is 474 g/mol. The lowest BCUT2D eigenvalue weighted by molar-refractivity contribution is 0.158. The van der Waals surface area contributed by atoms with Gasteiger partial charge in [0.25, 0.3) is 0 Å². The molecule has 1 heterocycles. The quantitative estimate of drug-likeness (QED) is 0.312. The molecule has 2 aromatic rings. The van der Waals surface area contributed by atoms with Gasteiger partial charge in [-0.05, 0) is 47.5 Å². The van der Waals surface area contributed by atoms with Gasteiger partial charge in [0.2, 0.25) is 0 Å². The van der Waals surface area contributed by atoms with Gasteiger partial charge in [-0.2, -0.15) is 0 Å². The molecular formula is C19H20BrCl2FN2O3. The maximum atomic E-state index is 13.8. The Hall–Kier alpha value is -1.57. The van der Waals surface area contributed by atoms with Gasteiger partial charge in [-0.3, -0.25) is 5.32 Å². The smallest absolute Gasteiger partial charge is 0.412 e. The third kappa shape index (κ3) is 6.22. The van der Waals surface area contributed by atoms with Crippen molar-refractivity contribution in [3.05, 3.63) is 50.3 Å². The zero-order valence-electron chi connectivity index (χ0n) is 15.4. The lowest BCUT2D eigenvalue weighted by Gasteiger charge is -2.20. The van der Waals surface area contributed by atoms with E-state index in [9.17, 15) is 9.18 Å². The maximum absolute atomic E-state index is 13.8. The van der Waals surface area contributed by atoms with Gasteiger partial charge in [0, 0.05) is 21.3 Å². The summed E-state index contributed by atoms with van der Waals surface area (Å²) >= 11 is 15.5. The molecule has 0 aliphatic heterocycles. The number of carbonyl (C=O) groups is 1. The van der Waals surface area contributed by atoms with Crippen LogP contribution in [0.3, 0.4) is 0 Å². The van der Waals surface area contributed by atoms with Gasteiger partial charge >= 0.3 is 6.09 Å². The van der Waals surface area contributed by atoms with E-state index in [-0.39, 0.29) is 21.6 Å². The van der Waals surface area contributed by atoms with E-state index in [0.29, 0.717) is 16.6 Å². The number of unbranched alkanes of at least 4 members (excludes halogenated alkanes) is 2. The van der Waals surface area contributed by atoms with Crippen LogP contribution in [-0.2, 0) is 4.74 Å². The maximum Gasteiger partial charge on any atom is 0.412 e. The molecule has 0 aliphatic rings. The van der Waals surface area contributed by atoms with E-state index >= 15 is 0 Å². The van der Waals surface area contributed by atoms with Crippen molar-refractivity contribution in [3.63, 3.8) is 0 Å². The topological polar surface area (TPSA) is 60.5 Å². The van der Waals surface area contributed by atoms with E-state index < -0.39 is 18.0 Å². The third-order valence-electron chi connectivity index (χ3n) is 3.81. The zero-order chi connectivity index (χ0) is 20.7. The van der Waals surface area contributed by atoms with Crippen molar-refractivity contribution in [1.29, 1.82) is 0 Å². The molecule has 28 heavy (non-hydrogen) atoms. The Labute approximate surface area is 181 Å². The van der Waals surface area contributed by atoms with E-state index in [1.165, 1.54) is 18.3 Å². The van der Waals surface area contributed by atoms with Crippen molar-refractivity contribution in [1.82, 2.24) is 4.98 Å². The van der Waals surface area contributed by atoms with Crippen molar-refractivity contribution in [2.75, 3.05) is 11.9 Å². The Balaban J connectivity index is 2.16. The van der Waals surface area contributed by atoms with E-state index in [4.69, 9.17) is 32.7 Å². The number of amides is 1. The van der Waals surface area contributed by atoms with Crippen LogP contribution in [-0.4, -0.2) is 17.7 Å². The first-order valence-electron chi connectivity index (χ1n) is 8.72. The van der Waals surface area contributed by atoms with Crippen LogP contribution in [0.15, 0.2) is 28.9 Å². The highest BCUT2D eigenvalue weighted by atomic mass is 79.9. The number of pyridine rings is 1. The van der Waals surface area contributed by atoms with E-state index in [1.54, 1.807) is 13.0 Å². The molecule has 1 aromatic heterocycles. The summed E-state index contributed by atoms with van der Waals surface area (Å²) in [5, 5.41) is 2.71. The SMILES string of the molecule is CCCCCOC(=O)Nc1ncc(Br)cc1O[C@H](C)c1c(Cl)ccc(F)c1Cl. The van der Waals surface area contributed by atoms with E-state index in [0.717, 1.165) is 19.3 Å². The normalized spacial score (nSPS) is 11.8. The lowest BCUT2D eigenvalue weighted by Crippen LogP contribution is -2.17. The number of nitrogens with zero attached hydrogens (tertiary/aromatic N) is 1. The molecule has 1 atom stereocenters. The van der Waals surface area contributed by atoms with Crippen LogP contribution in [0.2, 0.25) is 10.0 Å². The zero-order valence-corrected chi connectivity index (χ0v) is 18.5. The van der Waals surface area contributed by atoms with Gasteiger partial charge in [-0.25, -0.2) is 14.2 Å². The van der Waals surface area contributed by atoms with Crippen molar-refractivity contribution in [3.8, 4) is 5.75 Å². The van der Waals surface area contributed by atoms with Gasteiger partial charge in [0.05, 0.1) is 11.6 Å². The molecule has 9 heteroatoms. The summed E-state index contributed by atoms with van der Waals surface area (Å²) in [6.07, 6.45) is 2.96. The fourth-order valence-electron chi connectivity index (χ4n) is 2.42. The Morgan fingerprint density at radius 2 is 2.11 bits per heavy atom. The molecule has 5 nitrogen and oxygen atoms in total. The predicted molar refractivity (Wildman–Crippen MR) is 112 cm³/mol. The largest absolute Gasteiger partial charge is 0.482 e. The molecule has 2 rings (SSSR count). The molecule has 0 unspecified atom stereocenters. The summed E-state index contributed by atoms with van der Waals surface area (Å²) in [5.41, 5.74) is 0.302. The van der Waals surface area contributed by atoms with Crippen LogP contribution < -0.4 is 10.1 Å². The average Bonchev–Trinajstić information content (AvgIpc) is 2.64. The molecule has 0 aliphatic carbocycles. The predicted octanol–water partition coefficient (Wildman–Crippen LogP) is 7.17. The summed E-state index contributed by atoms with van der Waals surface area (Å²) in [6.45, 7) is 4.05. The molecule has 0 bridgehead atoms. The standard InChI is InChI=1S/C19H20BrCl2FN2O3/c1-3-4-5-8-27-19(26)25-18-15(9-12(20)10-24-18)28-11(2)16-13(21)6-7-14(23)17(16)22/h6-7,9-11H,3-5,8H2,1-2H3,(H,24,25,26)/t11-/m1/s1. The van der Waals surface area contributed by atoms with Crippen LogP contribution in [0.25, 0.3) is 0 Å². The van der Waals surface area contributed by atoms with Gasteiger partial charge < -0.3 is 9.47 Å². The van der Waals surface area contributed by atoms with Crippen LogP contribution in [0.1, 0.15) is 44.8 Å². The average molecular weight is 494 g/mol. The Kier molecular flexibility index (Phi) is 8.79. The second-order valence-electron chi connectivity index (χ2n) is 5.99. The number of carbonyl (C=O) groups excluding carboxylic acids is 1. The molecule has 0 saturated heterocycles. The first kappa shape index (κ1) is 22.7. The second-order valence-corrected chi connectivity index (χ2v) is 7.69. The number of aromatic nitrogens is 1. The number of halogens is 4. The molecule has 1 aromatic carbocycles. The summed E-state index contributed by atoms with van der Waals surface area (Å²) in [6, 6.07) is 4.21. The number of benzene rings is 1. The minimum absolute atomic E-state index is 0.118. The molecule has 1 amide bonds. The Bertz CT molecular complexity index is 839. The summed E-state index contributed by atoms with van der Waals surface area (Å²) < 4.78 is 25.4. The number of ether oxygens (including phenoxy) is 2. The number of hydrogen-bond donors (Lipinski definition) is 1. The fourth-order valence-corrected chi connectivity index (χ4v) is 3.41. The summed E-state index contributed by atoms with van der Waals surface area (Å²) in [7, 11) is 0. The van der Waals surface area contributed by atoms with Crippen molar-refractivity contribution in [2.45, 2.75) is 39.2 Å². The molecule has 0 radical (unpaired) electrons. The van der Waals surface area contributed by atoms with E-state index in [2.05, 4.69) is 33.2 Å². The van der Waals surface area contributed by atoms with Gasteiger partial charge in [-0.15, -0.1) is 0 Å². The number of nitrogens with one attached hydrogen (secondary N) is 1. The molecule has 152 valence electrons.